The number of unbranched alkanes of at least 4 members (excludes halogenated alkanes) is 7. The fourth-order valence-electron chi connectivity index (χ4n) is 1.82. The number of rotatable bonds is 9. The Balaban J connectivity index is 1.70. The van der Waals surface area contributed by atoms with Crippen molar-refractivity contribution in [3.63, 3.8) is 0 Å². The topological polar surface area (TPSA) is 39.0 Å². The number of carbonyl (C=O) groups is 1. The van der Waals surface area contributed by atoms with E-state index in [0.29, 0.717) is 0 Å². The third-order valence-corrected chi connectivity index (χ3v) is 2.90. The van der Waals surface area contributed by atoms with Gasteiger partial charge in [0.15, 0.2) is 0 Å². The molecule has 0 spiro atoms. The van der Waals surface area contributed by atoms with Crippen molar-refractivity contribution in [2.24, 2.45) is 0 Å². The first-order valence-electron chi connectivity index (χ1n) is 6.15. The van der Waals surface area contributed by atoms with Crippen molar-refractivity contribution in [2.75, 3.05) is 0 Å². The maximum atomic E-state index is 10.6. The summed E-state index contributed by atoms with van der Waals surface area (Å²) in [7, 11) is 0. The highest BCUT2D eigenvalue weighted by Gasteiger charge is 2.31. The summed E-state index contributed by atoms with van der Waals surface area (Å²) in [5.74, 6) is 0.257. The minimum atomic E-state index is 0.232. The molecule has 1 heterocycles. The minimum absolute atomic E-state index is 0.232. The monoisotopic (exact) mass is 197 g/mol. The van der Waals surface area contributed by atoms with Crippen LogP contribution in [0.1, 0.15) is 64.7 Å². The summed E-state index contributed by atoms with van der Waals surface area (Å²) < 4.78 is 0. The van der Waals surface area contributed by atoms with Gasteiger partial charge >= 0.3 is 0 Å². The second-order valence-corrected chi connectivity index (χ2v) is 4.32. The van der Waals surface area contributed by atoms with Gasteiger partial charge in [0, 0.05) is 0 Å². The van der Waals surface area contributed by atoms with Gasteiger partial charge in [0.25, 0.3) is 0 Å². The Labute approximate surface area is 87.5 Å². The normalized spacial score (nSPS) is 19.5. The van der Waals surface area contributed by atoms with Crippen LogP contribution in [0.25, 0.3) is 0 Å². The average Bonchev–Trinajstić information content (AvgIpc) is 2.87. The third-order valence-electron chi connectivity index (χ3n) is 2.90. The van der Waals surface area contributed by atoms with E-state index in [1.165, 1.54) is 51.4 Å². The van der Waals surface area contributed by atoms with Crippen molar-refractivity contribution in [3.05, 3.63) is 0 Å². The Morgan fingerprint density at radius 1 is 1.00 bits per heavy atom. The van der Waals surface area contributed by atoms with Gasteiger partial charge in [-0.15, -0.1) is 0 Å². The van der Waals surface area contributed by atoms with Crippen LogP contribution in [0.4, 0.5) is 0 Å². The number of amides is 1. The highest BCUT2D eigenvalue weighted by atomic mass is 16.2. The van der Waals surface area contributed by atoms with Crippen LogP contribution in [-0.4, -0.2) is 11.9 Å². The zero-order valence-corrected chi connectivity index (χ0v) is 9.35. The Bertz CT molecular complexity index is 168. The molecule has 1 amide bonds. The van der Waals surface area contributed by atoms with Gasteiger partial charge < -0.3 is 5.32 Å². The summed E-state index contributed by atoms with van der Waals surface area (Å²) >= 11 is 0. The Hall–Kier alpha value is -0.530. The summed E-state index contributed by atoms with van der Waals surface area (Å²) in [6, 6.07) is 0.232. The van der Waals surface area contributed by atoms with Crippen molar-refractivity contribution in [1.82, 2.24) is 5.32 Å². The molecule has 1 fully saturated rings. The number of hydrogen-bond acceptors (Lipinski definition) is 1. The molecule has 1 aliphatic rings. The predicted octanol–water partition coefficient (Wildman–Crippen LogP) is 3.02. The Morgan fingerprint density at radius 2 is 1.50 bits per heavy atom. The van der Waals surface area contributed by atoms with Crippen LogP contribution in [0.2, 0.25) is 0 Å². The summed E-state index contributed by atoms with van der Waals surface area (Å²) in [6.07, 6.45) is 11.8. The quantitative estimate of drug-likeness (QED) is 0.448. The van der Waals surface area contributed by atoms with Gasteiger partial charge in [0.2, 0.25) is 5.91 Å². The van der Waals surface area contributed by atoms with Gasteiger partial charge in [-0.25, -0.2) is 0 Å². The van der Waals surface area contributed by atoms with Crippen LogP contribution in [0.3, 0.4) is 0 Å². The molecule has 0 saturated carbocycles. The van der Waals surface area contributed by atoms with Gasteiger partial charge in [0.1, 0.15) is 6.04 Å². The summed E-state index contributed by atoms with van der Waals surface area (Å²) in [4.78, 5) is 10.6. The van der Waals surface area contributed by atoms with Crippen molar-refractivity contribution in [3.8, 4) is 0 Å². The molecule has 0 aromatic rings. The molecular formula is C12H23NO. The van der Waals surface area contributed by atoms with Crippen LogP contribution in [0.15, 0.2) is 0 Å². The van der Waals surface area contributed by atoms with Gasteiger partial charge in [-0.05, 0) is 6.42 Å². The van der Waals surface area contributed by atoms with Crippen molar-refractivity contribution >= 4 is 5.91 Å². The average molecular weight is 197 g/mol. The van der Waals surface area contributed by atoms with Crippen molar-refractivity contribution < 1.29 is 4.79 Å². The molecule has 1 saturated heterocycles. The minimum Gasteiger partial charge on any atom is -0.343 e. The van der Waals surface area contributed by atoms with E-state index in [0.717, 1.165) is 6.42 Å². The second kappa shape index (κ2) is 6.86. The highest BCUT2D eigenvalue weighted by Crippen LogP contribution is 2.13. The van der Waals surface area contributed by atoms with E-state index in [2.05, 4.69) is 12.2 Å². The van der Waals surface area contributed by atoms with Crippen LogP contribution < -0.4 is 5.32 Å². The smallest absolute Gasteiger partial charge is 0.243 e. The fourth-order valence-corrected chi connectivity index (χ4v) is 1.82. The third kappa shape index (κ3) is 5.25. The molecule has 1 unspecified atom stereocenters. The van der Waals surface area contributed by atoms with Crippen LogP contribution >= 0.6 is 0 Å². The number of nitrogens with one attached hydrogen (secondary N) is 1. The molecule has 1 rings (SSSR count). The summed E-state index contributed by atoms with van der Waals surface area (Å²) in [5.41, 5.74) is 0. The van der Waals surface area contributed by atoms with Gasteiger partial charge in [-0.3, -0.25) is 4.79 Å². The largest absolute Gasteiger partial charge is 0.343 e. The fraction of sp³-hybridized carbons (Fsp3) is 0.917. The van der Waals surface area contributed by atoms with Crippen LogP contribution in [0.5, 0.6) is 0 Å². The van der Waals surface area contributed by atoms with E-state index in [1.54, 1.807) is 0 Å². The first-order chi connectivity index (χ1) is 6.84. The molecule has 2 heteroatoms. The zero-order valence-electron chi connectivity index (χ0n) is 9.35. The van der Waals surface area contributed by atoms with E-state index in [9.17, 15) is 4.79 Å². The molecule has 14 heavy (non-hydrogen) atoms. The maximum absolute atomic E-state index is 10.6. The van der Waals surface area contributed by atoms with E-state index in [-0.39, 0.29) is 11.9 Å². The van der Waals surface area contributed by atoms with Gasteiger partial charge in [-0.1, -0.05) is 58.3 Å². The molecule has 0 aromatic heterocycles. The first-order valence-corrected chi connectivity index (χ1v) is 6.15. The Kier molecular flexibility index (Phi) is 5.65. The first kappa shape index (κ1) is 11.5. The molecular weight excluding hydrogens is 174 g/mol. The zero-order chi connectivity index (χ0) is 10.2. The van der Waals surface area contributed by atoms with Gasteiger partial charge in [-0.2, -0.15) is 0 Å². The summed E-state index contributed by atoms with van der Waals surface area (Å²) in [6.45, 7) is 2.25. The van der Waals surface area contributed by atoms with E-state index >= 15 is 0 Å². The molecule has 1 aliphatic heterocycles. The molecule has 82 valence electrons. The van der Waals surface area contributed by atoms with Crippen molar-refractivity contribution in [2.45, 2.75) is 70.8 Å². The molecule has 0 aromatic carbocycles. The van der Waals surface area contributed by atoms with Crippen LogP contribution in [-0.2, 0) is 4.79 Å². The molecule has 0 bridgehead atoms. The molecule has 0 aliphatic carbocycles. The molecule has 2 nitrogen and oxygen atoms in total. The molecule has 0 radical (unpaired) electrons. The lowest BCUT2D eigenvalue weighted by atomic mass is 10.1. The number of carbonyl (C=O) groups excluding carboxylic acids is 1. The lowest BCUT2D eigenvalue weighted by Gasteiger charge is -1.99. The SMILES string of the molecule is CCCCCCCCCCC1NC1=O. The van der Waals surface area contributed by atoms with Gasteiger partial charge in [0.05, 0.1) is 0 Å². The van der Waals surface area contributed by atoms with E-state index in [1.807, 2.05) is 0 Å². The summed E-state index contributed by atoms with van der Waals surface area (Å²) in [5, 5.41) is 2.81. The number of hydrogen-bond donors (Lipinski definition) is 1. The predicted molar refractivity (Wildman–Crippen MR) is 59.2 cm³/mol. The standard InChI is InChI=1S/C12H23NO/c1-2-3-4-5-6-7-8-9-10-11-12(14)13-11/h11H,2-10H2,1H3,(H,13,14). The lowest BCUT2D eigenvalue weighted by Crippen LogP contribution is -1.90. The van der Waals surface area contributed by atoms with Crippen molar-refractivity contribution in [1.29, 1.82) is 0 Å². The second-order valence-electron chi connectivity index (χ2n) is 4.32. The molecule has 1 atom stereocenters. The van der Waals surface area contributed by atoms with E-state index < -0.39 is 0 Å². The lowest BCUT2D eigenvalue weighted by molar-refractivity contribution is -0.111. The van der Waals surface area contributed by atoms with E-state index in [4.69, 9.17) is 0 Å². The maximum Gasteiger partial charge on any atom is 0.243 e. The highest BCUT2D eigenvalue weighted by molar-refractivity contribution is 5.96. The van der Waals surface area contributed by atoms with Crippen LogP contribution in [0, 0.1) is 0 Å². The Morgan fingerprint density at radius 3 is 2.00 bits per heavy atom. The molecule has 1 N–H and O–H groups in total.